The van der Waals surface area contributed by atoms with Gasteiger partial charge in [-0.05, 0) is 103 Å². The van der Waals surface area contributed by atoms with E-state index in [9.17, 15) is 23.3 Å². The van der Waals surface area contributed by atoms with Gasteiger partial charge >= 0.3 is 0 Å². The van der Waals surface area contributed by atoms with E-state index in [0.29, 0.717) is 16.8 Å². The van der Waals surface area contributed by atoms with E-state index in [1.54, 1.807) is 23.9 Å². The highest BCUT2D eigenvalue weighted by atomic mass is 35.5. The van der Waals surface area contributed by atoms with Crippen LogP contribution in [0.2, 0.25) is 5.02 Å². The standard InChI is InChI=1S/C47H49ClN6O5S2.2ClH/c48-38-17-13-34(14-18-38)43-12-6-5-9-37(43)31-52-27-28-53-40(32-52)19-15-35-29-36(16-22-45(35)53)47(55)50-61(58,59)42-20-21-44(46(30-42)54(56)57)49-39(23-26-51-24-7-2-8-25-51)33-60-41-10-3-1-4-11-41;;/h1-7,9-14,16-18,20-22,29-30,39-40,49H,8,15,19,23-28,31-33H2,(H,50,55);2*1H/t39-,40-;;/m1../s1. The van der Waals surface area contributed by atoms with Crippen LogP contribution in [0.5, 0.6) is 0 Å². The van der Waals surface area contributed by atoms with Gasteiger partial charge in [0.05, 0.1) is 9.82 Å². The van der Waals surface area contributed by atoms with Gasteiger partial charge in [0.15, 0.2) is 0 Å². The predicted octanol–water partition coefficient (Wildman–Crippen LogP) is 9.74. The molecule has 1 fully saturated rings. The van der Waals surface area contributed by atoms with Crippen molar-refractivity contribution < 1.29 is 18.1 Å². The van der Waals surface area contributed by atoms with Gasteiger partial charge in [-0.2, -0.15) is 0 Å². The number of carbonyl (C=O) groups is 1. The number of carbonyl (C=O) groups excluding carboxylic acids is 1. The van der Waals surface area contributed by atoms with Crippen LogP contribution in [0, 0.1) is 10.1 Å². The van der Waals surface area contributed by atoms with Crippen LogP contribution in [0.25, 0.3) is 11.1 Å². The van der Waals surface area contributed by atoms with E-state index in [1.807, 2.05) is 48.5 Å². The summed E-state index contributed by atoms with van der Waals surface area (Å²) in [5, 5.41) is 16.4. The number of hydrogen-bond acceptors (Lipinski definition) is 10. The molecule has 0 radical (unpaired) electrons. The number of fused-ring (bicyclic) bond motifs is 3. The van der Waals surface area contributed by atoms with Gasteiger partial charge in [-0.1, -0.05) is 78.4 Å². The molecule has 0 unspecified atom stereocenters. The number of piperazine rings is 1. The Bertz CT molecular complexity index is 2520. The van der Waals surface area contributed by atoms with Crippen molar-refractivity contribution in [1.82, 2.24) is 14.5 Å². The predicted molar refractivity (Wildman–Crippen MR) is 260 cm³/mol. The lowest BCUT2D eigenvalue weighted by molar-refractivity contribution is -0.384. The number of nitro benzene ring substituents is 1. The number of benzene rings is 5. The van der Waals surface area contributed by atoms with Gasteiger partial charge in [0, 0.05) is 90.9 Å². The van der Waals surface area contributed by atoms with Crippen molar-refractivity contribution in [3.05, 3.63) is 159 Å². The molecule has 63 heavy (non-hydrogen) atoms. The number of nitrogens with one attached hydrogen (secondary N) is 2. The summed E-state index contributed by atoms with van der Waals surface area (Å²) in [7, 11) is -4.45. The van der Waals surface area contributed by atoms with Gasteiger partial charge < -0.3 is 10.2 Å². The van der Waals surface area contributed by atoms with E-state index >= 15 is 0 Å². The molecule has 5 aromatic carbocycles. The highest BCUT2D eigenvalue weighted by molar-refractivity contribution is 7.99. The molecule has 332 valence electrons. The van der Waals surface area contributed by atoms with Crippen molar-refractivity contribution in [3.63, 3.8) is 0 Å². The zero-order chi connectivity index (χ0) is 42.3. The minimum absolute atomic E-state index is 0. The number of nitrogens with zero attached hydrogens (tertiary/aromatic N) is 4. The van der Waals surface area contributed by atoms with Gasteiger partial charge in [0.2, 0.25) is 0 Å². The fourth-order valence-electron chi connectivity index (χ4n) is 8.52. The Balaban J connectivity index is 0.00000330. The summed E-state index contributed by atoms with van der Waals surface area (Å²) in [5.41, 5.74) is 5.72. The van der Waals surface area contributed by atoms with E-state index in [1.165, 1.54) is 23.3 Å². The van der Waals surface area contributed by atoms with E-state index in [4.69, 9.17) is 11.6 Å². The highest BCUT2D eigenvalue weighted by Crippen LogP contribution is 2.35. The van der Waals surface area contributed by atoms with Gasteiger partial charge in [0.1, 0.15) is 5.69 Å². The van der Waals surface area contributed by atoms with Gasteiger partial charge in [-0.25, -0.2) is 13.1 Å². The maximum absolute atomic E-state index is 13.6. The number of amides is 1. The van der Waals surface area contributed by atoms with Crippen molar-refractivity contribution in [1.29, 1.82) is 0 Å². The Morgan fingerprint density at radius 1 is 0.889 bits per heavy atom. The summed E-state index contributed by atoms with van der Waals surface area (Å²) in [6, 6.07) is 35.7. The minimum atomic E-state index is -4.45. The molecule has 0 bridgehead atoms. The second-order valence-electron chi connectivity index (χ2n) is 15.8. The SMILES string of the molecule is Cl.Cl.O=C(NS(=O)(=O)c1ccc(N[C@H](CCN2CC=CCC2)CSc2ccccc2)c([N+](=O)[O-])c1)c1ccc2c(c1)CC[C@@H]1CN(Cc3ccccc3-c3ccc(Cl)cc3)CCN21. The van der Waals surface area contributed by atoms with Gasteiger partial charge in [-0.3, -0.25) is 24.7 Å². The van der Waals surface area contributed by atoms with E-state index in [0.717, 1.165) is 99.3 Å². The molecule has 1 amide bonds. The van der Waals surface area contributed by atoms with Crippen molar-refractivity contribution in [3.8, 4) is 11.1 Å². The molecule has 0 spiro atoms. The second kappa shape index (κ2) is 21.9. The van der Waals surface area contributed by atoms with Crippen molar-refractivity contribution in [2.45, 2.75) is 54.1 Å². The largest absolute Gasteiger partial charge is 0.376 e. The number of nitro groups is 1. The van der Waals surface area contributed by atoms with Crippen LogP contribution in [0.4, 0.5) is 17.1 Å². The maximum Gasteiger partial charge on any atom is 0.293 e. The molecular weight excluding hydrogens is 899 g/mol. The van der Waals surface area contributed by atoms with E-state index in [-0.39, 0.29) is 52.7 Å². The molecule has 0 aliphatic carbocycles. The lowest BCUT2D eigenvalue weighted by Crippen LogP contribution is -2.54. The maximum atomic E-state index is 13.6. The molecule has 2 atom stereocenters. The third-order valence-corrected chi connectivity index (χ3v) is 14.5. The number of halogens is 3. The zero-order valence-corrected chi connectivity index (χ0v) is 38.6. The number of thioether (sulfide) groups is 1. The quantitative estimate of drug-likeness (QED) is 0.0453. The summed E-state index contributed by atoms with van der Waals surface area (Å²) in [4.78, 5) is 33.3. The second-order valence-corrected chi connectivity index (χ2v) is 19.0. The van der Waals surface area contributed by atoms with Crippen LogP contribution < -0.4 is 14.9 Å². The number of aryl methyl sites for hydroxylation is 1. The number of rotatable bonds is 15. The molecule has 5 aromatic rings. The van der Waals surface area contributed by atoms with E-state index < -0.39 is 20.9 Å². The summed E-state index contributed by atoms with van der Waals surface area (Å²) >= 11 is 7.82. The molecule has 8 rings (SSSR count). The van der Waals surface area contributed by atoms with Crippen LogP contribution in [0.3, 0.4) is 0 Å². The Kier molecular flexibility index (Phi) is 16.6. The topological polar surface area (TPSA) is 128 Å². The highest BCUT2D eigenvalue weighted by Gasteiger charge is 2.33. The third kappa shape index (κ3) is 12.0. The molecule has 0 saturated carbocycles. The fraction of sp³-hybridized carbons (Fsp3) is 0.298. The number of sulfonamides is 1. The van der Waals surface area contributed by atoms with E-state index in [2.05, 4.69) is 73.3 Å². The Labute approximate surface area is 391 Å². The van der Waals surface area contributed by atoms with Gasteiger partial charge in [0.25, 0.3) is 21.6 Å². The van der Waals surface area contributed by atoms with Crippen LogP contribution >= 0.6 is 48.2 Å². The molecule has 3 aliphatic rings. The van der Waals surface area contributed by atoms with Crippen LogP contribution in [-0.2, 0) is 23.0 Å². The molecule has 3 heterocycles. The average Bonchev–Trinajstić information content (AvgIpc) is 3.28. The first-order valence-electron chi connectivity index (χ1n) is 20.7. The fourth-order valence-corrected chi connectivity index (χ4v) is 10.6. The average molecular weight is 950 g/mol. The zero-order valence-electron chi connectivity index (χ0n) is 34.6. The van der Waals surface area contributed by atoms with Crippen molar-refractivity contribution >= 4 is 81.2 Å². The molecule has 11 nitrogen and oxygen atoms in total. The minimum Gasteiger partial charge on any atom is -0.376 e. The number of hydrogen-bond donors (Lipinski definition) is 2. The Morgan fingerprint density at radius 3 is 2.43 bits per heavy atom. The van der Waals surface area contributed by atoms with Crippen LogP contribution in [0.1, 0.15) is 40.7 Å². The first-order valence-corrected chi connectivity index (χ1v) is 23.6. The molecular formula is C47H51Cl3N6O5S2. The summed E-state index contributed by atoms with van der Waals surface area (Å²) in [5.74, 6) is -0.135. The van der Waals surface area contributed by atoms with Crippen molar-refractivity contribution in [2.24, 2.45) is 0 Å². The lowest BCUT2D eigenvalue weighted by Gasteiger charge is -2.46. The Morgan fingerprint density at radius 2 is 1.67 bits per heavy atom. The molecule has 1 saturated heterocycles. The molecule has 2 N–H and O–H groups in total. The summed E-state index contributed by atoms with van der Waals surface area (Å²) in [6.07, 6.45) is 7.71. The third-order valence-electron chi connectivity index (χ3n) is 11.7. The van der Waals surface area contributed by atoms with Crippen molar-refractivity contribution in [2.75, 3.05) is 55.2 Å². The monoisotopic (exact) mass is 948 g/mol. The normalized spacial score (nSPS) is 16.7. The van der Waals surface area contributed by atoms with Gasteiger partial charge in [-0.15, -0.1) is 36.6 Å². The Hall–Kier alpha value is -4.60. The first kappa shape index (κ1) is 47.9. The first-order chi connectivity index (χ1) is 29.6. The molecule has 3 aliphatic heterocycles. The van der Waals surface area contributed by atoms with Crippen LogP contribution in [0.15, 0.2) is 137 Å². The molecule has 16 heteroatoms. The summed E-state index contributed by atoms with van der Waals surface area (Å²) in [6.45, 7) is 6.06. The smallest absolute Gasteiger partial charge is 0.293 e. The lowest BCUT2D eigenvalue weighted by atomic mass is 9.92. The van der Waals surface area contributed by atoms with Crippen LogP contribution in [-0.4, -0.2) is 86.2 Å². The molecule has 0 aromatic heterocycles. The number of anilines is 2. The summed E-state index contributed by atoms with van der Waals surface area (Å²) < 4.78 is 29.4.